The number of furan rings is 1. The van der Waals surface area contributed by atoms with E-state index in [-0.39, 0.29) is 12.6 Å². The molecule has 0 saturated heterocycles. The maximum Gasteiger partial charge on any atom is 0.173 e. The molecule has 3 N–H and O–H groups in total. The summed E-state index contributed by atoms with van der Waals surface area (Å²) in [6.45, 7) is -0.0713. The lowest BCUT2D eigenvalue weighted by Crippen LogP contribution is -2.13. The highest BCUT2D eigenvalue weighted by Crippen LogP contribution is 2.22. The Balaban J connectivity index is 2.82. The summed E-state index contributed by atoms with van der Waals surface area (Å²) < 4.78 is 5.50. The molecule has 0 fully saturated rings. The number of nitrogens with two attached hydrogens (primary N) is 1. The van der Waals surface area contributed by atoms with Crippen molar-refractivity contribution >= 4 is 15.9 Å². The van der Waals surface area contributed by atoms with Gasteiger partial charge in [-0.25, -0.2) is 0 Å². The molecule has 1 rings (SSSR count). The van der Waals surface area contributed by atoms with Crippen molar-refractivity contribution in [3.8, 4) is 0 Å². The second-order valence-electron chi connectivity index (χ2n) is 1.94. The molecule has 0 spiro atoms. The lowest BCUT2D eigenvalue weighted by Gasteiger charge is -2.03. The van der Waals surface area contributed by atoms with Crippen molar-refractivity contribution in [2.45, 2.75) is 6.04 Å². The van der Waals surface area contributed by atoms with Crippen LogP contribution in [-0.4, -0.2) is 11.7 Å². The second kappa shape index (κ2) is 3.18. The van der Waals surface area contributed by atoms with Crippen molar-refractivity contribution in [3.05, 3.63) is 22.6 Å². The summed E-state index contributed by atoms with van der Waals surface area (Å²) >= 11 is 3.15. The van der Waals surface area contributed by atoms with E-state index in [1.54, 1.807) is 6.07 Å². The first-order valence-corrected chi connectivity index (χ1v) is 3.64. The molecule has 0 aliphatic rings. The van der Waals surface area contributed by atoms with Crippen molar-refractivity contribution in [1.29, 1.82) is 0 Å². The summed E-state index contributed by atoms with van der Waals surface area (Å²) in [5.74, 6) is 0. The van der Waals surface area contributed by atoms with Crippen LogP contribution in [0.5, 0.6) is 0 Å². The molecule has 4 heteroatoms. The number of rotatable bonds is 2. The quantitative estimate of drug-likeness (QED) is 0.759. The third-order valence-electron chi connectivity index (χ3n) is 1.24. The SMILES string of the molecule is N[C@@H](CO)c1ccoc1Br. The summed E-state index contributed by atoms with van der Waals surface area (Å²) in [4.78, 5) is 0. The fourth-order valence-corrected chi connectivity index (χ4v) is 1.20. The monoisotopic (exact) mass is 205 g/mol. The number of hydrogen-bond acceptors (Lipinski definition) is 3. The van der Waals surface area contributed by atoms with Crippen LogP contribution in [0.1, 0.15) is 11.6 Å². The average molecular weight is 206 g/mol. The first-order valence-electron chi connectivity index (χ1n) is 2.85. The zero-order valence-corrected chi connectivity index (χ0v) is 6.84. The predicted octanol–water partition coefficient (Wildman–Crippen LogP) is 1.03. The van der Waals surface area contributed by atoms with Gasteiger partial charge in [0, 0.05) is 5.56 Å². The maximum absolute atomic E-state index is 8.64. The number of hydrogen-bond donors (Lipinski definition) is 2. The minimum absolute atomic E-state index is 0.0713. The lowest BCUT2D eigenvalue weighted by molar-refractivity contribution is 0.267. The summed E-state index contributed by atoms with van der Waals surface area (Å²) in [5.41, 5.74) is 6.29. The van der Waals surface area contributed by atoms with Gasteiger partial charge in [-0.2, -0.15) is 0 Å². The molecule has 3 nitrogen and oxygen atoms in total. The van der Waals surface area contributed by atoms with Crippen LogP contribution in [0.25, 0.3) is 0 Å². The molecule has 1 aromatic heterocycles. The van der Waals surface area contributed by atoms with Gasteiger partial charge in [-0.3, -0.25) is 0 Å². The number of aliphatic hydroxyl groups is 1. The predicted molar refractivity (Wildman–Crippen MR) is 40.4 cm³/mol. The van der Waals surface area contributed by atoms with Crippen molar-refractivity contribution in [2.24, 2.45) is 5.73 Å². The summed E-state index contributed by atoms with van der Waals surface area (Å²) in [6.07, 6.45) is 1.52. The van der Waals surface area contributed by atoms with Crippen LogP contribution >= 0.6 is 15.9 Å². The average Bonchev–Trinajstić information content (AvgIpc) is 2.34. The summed E-state index contributed by atoms with van der Waals surface area (Å²) in [6, 6.07) is 1.37. The highest BCUT2D eigenvalue weighted by atomic mass is 79.9. The molecule has 1 atom stereocenters. The molecule has 1 aromatic rings. The first-order chi connectivity index (χ1) is 4.75. The molecular weight excluding hydrogens is 198 g/mol. The number of aliphatic hydroxyl groups excluding tert-OH is 1. The van der Waals surface area contributed by atoms with Gasteiger partial charge in [0.05, 0.1) is 18.9 Å². The minimum atomic E-state index is -0.354. The molecule has 0 aliphatic heterocycles. The summed E-state index contributed by atoms with van der Waals surface area (Å²) in [7, 11) is 0. The molecule has 0 amide bonds. The Morgan fingerprint density at radius 3 is 2.90 bits per heavy atom. The Bertz CT molecular complexity index is 211. The molecule has 0 radical (unpaired) electrons. The molecule has 0 bridgehead atoms. The van der Waals surface area contributed by atoms with Gasteiger partial charge >= 0.3 is 0 Å². The van der Waals surface area contributed by atoms with Crippen molar-refractivity contribution in [1.82, 2.24) is 0 Å². The summed E-state index contributed by atoms with van der Waals surface area (Å²) in [5, 5.41) is 8.64. The molecular formula is C6H8BrNO2. The topological polar surface area (TPSA) is 59.4 Å². The zero-order valence-electron chi connectivity index (χ0n) is 5.25. The maximum atomic E-state index is 8.64. The van der Waals surface area contributed by atoms with E-state index in [1.165, 1.54) is 6.26 Å². The van der Waals surface area contributed by atoms with E-state index in [2.05, 4.69) is 15.9 Å². The van der Waals surface area contributed by atoms with Crippen LogP contribution in [0.2, 0.25) is 0 Å². The van der Waals surface area contributed by atoms with Gasteiger partial charge in [0.25, 0.3) is 0 Å². The molecule has 0 aromatic carbocycles. The van der Waals surface area contributed by atoms with Gasteiger partial charge in [0.2, 0.25) is 0 Å². The zero-order chi connectivity index (χ0) is 7.56. The van der Waals surface area contributed by atoms with Crippen molar-refractivity contribution < 1.29 is 9.52 Å². The van der Waals surface area contributed by atoms with Gasteiger partial charge in [0.1, 0.15) is 0 Å². The van der Waals surface area contributed by atoms with Crippen LogP contribution in [-0.2, 0) is 0 Å². The highest BCUT2D eigenvalue weighted by Gasteiger charge is 2.09. The standard InChI is InChI=1S/C6H8BrNO2/c7-6-4(1-2-10-6)5(8)3-9/h1-2,5,9H,3,8H2/t5-/m0/s1. The van der Waals surface area contributed by atoms with Crippen LogP contribution in [0.4, 0.5) is 0 Å². The Morgan fingerprint density at radius 2 is 2.50 bits per heavy atom. The van der Waals surface area contributed by atoms with Gasteiger partial charge in [-0.1, -0.05) is 0 Å². The lowest BCUT2D eigenvalue weighted by atomic mass is 10.2. The largest absolute Gasteiger partial charge is 0.457 e. The smallest absolute Gasteiger partial charge is 0.173 e. The third kappa shape index (κ3) is 1.39. The van der Waals surface area contributed by atoms with E-state index in [4.69, 9.17) is 15.3 Å². The van der Waals surface area contributed by atoms with Crippen molar-refractivity contribution in [2.75, 3.05) is 6.61 Å². The molecule has 56 valence electrons. The Morgan fingerprint density at radius 1 is 1.80 bits per heavy atom. The Hall–Kier alpha value is -0.320. The van der Waals surface area contributed by atoms with E-state index in [1.807, 2.05) is 0 Å². The second-order valence-corrected chi connectivity index (χ2v) is 2.66. The van der Waals surface area contributed by atoms with Crippen molar-refractivity contribution in [3.63, 3.8) is 0 Å². The van der Waals surface area contributed by atoms with E-state index >= 15 is 0 Å². The molecule has 1 heterocycles. The van der Waals surface area contributed by atoms with Crippen LogP contribution in [0.15, 0.2) is 21.4 Å². The van der Waals surface area contributed by atoms with Crippen LogP contribution in [0.3, 0.4) is 0 Å². The van der Waals surface area contributed by atoms with Gasteiger partial charge in [0.15, 0.2) is 4.67 Å². The Kier molecular flexibility index (Phi) is 2.48. The molecule has 0 aliphatic carbocycles. The minimum Gasteiger partial charge on any atom is -0.457 e. The fourth-order valence-electron chi connectivity index (χ4n) is 0.668. The van der Waals surface area contributed by atoms with Gasteiger partial charge < -0.3 is 15.3 Å². The Labute approximate surface area is 67.0 Å². The number of halogens is 1. The third-order valence-corrected chi connectivity index (χ3v) is 1.89. The van der Waals surface area contributed by atoms with Gasteiger partial charge in [-0.15, -0.1) is 0 Å². The fraction of sp³-hybridized carbons (Fsp3) is 0.333. The van der Waals surface area contributed by atoms with Crippen LogP contribution < -0.4 is 5.73 Å². The first kappa shape index (κ1) is 7.78. The van der Waals surface area contributed by atoms with E-state index in [0.717, 1.165) is 5.56 Å². The van der Waals surface area contributed by atoms with E-state index in [0.29, 0.717) is 4.67 Å². The molecule has 10 heavy (non-hydrogen) atoms. The van der Waals surface area contributed by atoms with E-state index in [9.17, 15) is 0 Å². The normalized spacial score (nSPS) is 13.5. The molecule has 0 saturated carbocycles. The molecule has 0 unspecified atom stereocenters. The van der Waals surface area contributed by atoms with Crippen LogP contribution in [0, 0.1) is 0 Å². The van der Waals surface area contributed by atoms with E-state index < -0.39 is 0 Å². The highest BCUT2D eigenvalue weighted by molar-refractivity contribution is 9.10. The van der Waals surface area contributed by atoms with Gasteiger partial charge in [-0.05, 0) is 22.0 Å².